The molecule has 0 radical (unpaired) electrons. The van der Waals surface area contributed by atoms with E-state index in [2.05, 4.69) is 38.4 Å². The lowest BCUT2D eigenvalue weighted by Crippen LogP contribution is -2.40. The molecule has 5 heteroatoms. The standard InChI is InChI=1S/C17H26BrN3O/c1-14-6-2-3-10-21(14)11-5-9-19-17(22)20-13-15-7-4-8-16(18)12-15/h4,7-8,12,14H,2-3,5-6,9-11,13H2,1H3,(H2,19,20,22). The Labute approximate surface area is 141 Å². The quantitative estimate of drug-likeness (QED) is 0.755. The van der Waals surface area contributed by atoms with Crippen molar-refractivity contribution in [3.05, 3.63) is 34.3 Å². The molecule has 2 N–H and O–H groups in total. The molecule has 1 fully saturated rings. The van der Waals surface area contributed by atoms with Crippen LogP contribution in [0.2, 0.25) is 0 Å². The van der Waals surface area contributed by atoms with Crippen LogP contribution in [0.15, 0.2) is 28.7 Å². The lowest BCUT2D eigenvalue weighted by atomic mass is 10.0. The van der Waals surface area contributed by atoms with E-state index in [1.807, 2.05) is 24.3 Å². The Hall–Kier alpha value is -1.07. The van der Waals surface area contributed by atoms with E-state index in [1.54, 1.807) is 0 Å². The zero-order valence-electron chi connectivity index (χ0n) is 13.3. The summed E-state index contributed by atoms with van der Waals surface area (Å²) in [4.78, 5) is 14.3. The molecule has 1 aromatic carbocycles. The zero-order valence-corrected chi connectivity index (χ0v) is 14.9. The molecule has 0 spiro atoms. The molecule has 1 aliphatic heterocycles. The number of urea groups is 1. The third-order valence-corrected chi connectivity index (χ3v) is 4.68. The Morgan fingerprint density at radius 2 is 2.23 bits per heavy atom. The highest BCUT2D eigenvalue weighted by molar-refractivity contribution is 9.10. The fourth-order valence-electron chi connectivity index (χ4n) is 2.87. The number of likely N-dealkylation sites (tertiary alicyclic amines) is 1. The van der Waals surface area contributed by atoms with Crippen LogP contribution in [-0.2, 0) is 6.54 Å². The molecule has 0 bridgehead atoms. The molecular weight excluding hydrogens is 342 g/mol. The van der Waals surface area contributed by atoms with E-state index in [-0.39, 0.29) is 6.03 Å². The van der Waals surface area contributed by atoms with Crippen LogP contribution < -0.4 is 10.6 Å². The summed E-state index contributed by atoms with van der Waals surface area (Å²) in [5.74, 6) is 0. The van der Waals surface area contributed by atoms with Gasteiger partial charge in [-0.25, -0.2) is 4.79 Å². The number of hydrogen-bond donors (Lipinski definition) is 2. The first-order valence-electron chi connectivity index (χ1n) is 8.15. The smallest absolute Gasteiger partial charge is 0.315 e. The van der Waals surface area contributed by atoms with Crippen LogP contribution in [0.1, 0.15) is 38.2 Å². The number of benzene rings is 1. The Kier molecular flexibility index (Phi) is 7.19. The van der Waals surface area contributed by atoms with Crippen LogP contribution in [0.3, 0.4) is 0 Å². The molecule has 1 atom stereocenters. The molecule has 1 aromatic rings. The van der Waals surface area contributed by atoms with Gasteiger partial charge in [0.1, 0.15) is 0 Å². The van der Waals surface area contributed by atoms with E-state index < -0.39 is 0 Å². The summed E-state index contributed by atoms with van der Waals surface area (Å²) < 4.78 is 1.03. The fraction of sp³-hybridized carbons (Fsp3) is 0.588. The van der Waals surface area contributed by atoms with E-state index in [4.69, 9.17) is 0 Å². The van der Waals surface area contributed by atoms with E-state index in [9.17, 15) is 4.79 Å². The normalized spacial score (nSPS) is 18.9. The number of nitrogens with zero attached hydrogens (tertiary/aromatic N) is 1. The van der Waals surface area contributed by atoms with Crippen molar-refractivity contribution in [1.82, 2.24) is 15.5 Å². The first-order chi connectivity index (χ1) is 10.6. The molecule has 2 rings (SSSR count). The molecule has 22 heavy (non-hydrogen) atoms. The lowest BCUT2D eigenvalue weighted by molar-refractivity contribution is 0.159. The maximum absolute atomic E-state index is 11.8. The van der Waals surface area contributed by atoms with Crippen molar-refractivity contribution in [2.24, 2.45) is 0 Å². The minimum atomic E-state index is -0.0910. The highest BCUT2D eigenvalue weighted by Gasteiger charge is 2.17. The predicted molar refractivity (Wildman–Crippen MR) is 93.9 cm³/mol. The summed E-state index contributed by atoms with van der Waals surface area (Å²) in [6, 6.07) is 8.57. The van der Waals surface area contributed by atoms with Crippen molar-refractivity contribution in [3.63, 3.8) is 0 Å². The summed E-state index contributed by atoms with van der Waals surface area (Å²) in [6.07, 6.45) is 4.98. The van der Waals surface area contributed by atoms with Gasteiger partial charge in [0.15, 0.2) is 0 Å². The van der Waals surface area contributed by atoms with Gasteiger partial charge in [0.2, 0.25) is 0 Å². The Morgan fingerprint density at radius 3 is 3.00 bits per heavy atom. The minimum absolute atomic E-state index is 0.0910. The number of rotatable bonds is 6. The number of carbonyl (C=O) groups is 1. The van der Waals surface area contributed by atoms with Gasteiger partial charge in [-0.3, -0.25) is 0 Å². The van der Waals surface area contributed by atoms with Crippen molar-refractivity contribution in [3.8, 4) is 0 Å². The second-order valence-corrected chi connectivity index (χ2v) is 6.89. The summed E-state index contributed by atoms with van der Waals surface area (Å²) >= 11 is 3.43. The third-order valence-electron chi connectivity index (χ3n) is 4.19. The molecule has 1 heterocycles. The Balaban J connectivity index is 1.57. The van der Waals surface area contributed by atoms with Gasteiger partial charge in [-0.2, -0.15) is 0 Å². The van der Waals surface area contributed by atoms with Crippen molar-refractivity contribution in [2.75, 3.05) is 19.6 Å². The van der Waals surface area contributed by atoms with E-state index in [1.165, 1.54) is 25.8 Å². The largest absolute Gasteiger partial charge is 0.338 e. The fourth-order valence-corrected chi connectivity index (χ4v) is 3.31. The molecule has 122 valence electrons. The first kappa shape index (κ1) is 17.3. The molecule has 2 amide bonds. The van der Waals surface area contributed by atoms with Gasteiger partial charge in [0.05, 0.1) is 0 Å². The van der Waals surface area contributed by atoms with Gasteiger partial charge in [0, 0.05) is 30.1 Å². The molecule has 0 saturated carbocycles. The third kappa shape index (κ3) is 5.97. The Bertz CT molecular complexity index is 481. The van der Waals surface area contributed by atoms with Crippen LogP contribution in [0.4, 0.5) is 4.79 Å². The number of carbonyl (C=O) groups excluding carboxylic acids is 1. The van der Waals surface area contributed by atoms with Gasteiger partial charge in [-0.1, -0.05) is 34.5 Å². The van der Waals surface area contributed by atoms with Crippen molar-refractivity contribution in [1.29, 1.82) is 0 Å². The molecule has 1 unspecified atom stereocenters. The minimum Gasteiger partial charge on any atom is -0.338 e. The van der Waals surface area contributed by atoms with Gasteiger partial charge < -0.3 is 15.5 Å². The molecule has 0 aromatic heterocycles. The average molecular weight is 368 g/mol. The summed E-state index contributed by atoms with van der Waals surface area (Å²) in [5.41, 5.74) is 1.09. The zero-order chi connectivity index (χ0) is 15.8. The van der Waals surface area contributed by atoms with E-state index in [0.717, 1.165) is 29.5 Å². The lowest BCUT2D eigenvalue weighted by Gasteiger charge is -2.33. The second kappa shape index (κ2) is 9.16. The maximum Gasteiger partial charge on any atom is 0.315 e. The highest BCUT2D eigenvalue weighted by Crippen LogP contribution is 2.16. The van der Waals surface area contributed by atoms with E-state index in [0.29, 0.717) is 12.6 Å². The van der Waals surface area contributed by atoms with Crippen molar-refractivity contribution in [2.45, 2.75) is 45.2 Å². The van der Waals surface area contributed by atoms with Gasteiger partial charge in [-0.05, 0) is 50.4 Å². The maximum atomic E-state index is 11.8. The van der Waals surface area contributed by atoms with Crippen molar-refractivity contribution < 1.29 is 4.79 Å². The molecule has 4 nitrogen and oxygen atoms in total. The molecule has 0 aliphatic carbocycles. The number of hydrogen-bond acceptors (Lipinski definition) is 2. The molecule has 1 saturated heterocycles. The number of piperidine rings is 1. The number of nitrogens with one attached hydrogen (secondary N) is 2. The van der Waals surface area contributed by atoms with Gasteiger partial charge >= 0.3 is 6.03 Å². The highest BCUT2D eigenvalue weighted by atomic mass is 79.9. The SMILES string of the molecule is CC1CCCCN1CCCNC(=O)NCc1cccc(Br)c1. The van der Waals surface area contributed by atoms with Crippen LogP contribution in [-0.4, -0.2) is 36.6 Å². The number of amides is 2. The molecular formula is C17H26BrN3O. The van der Waals surface area contributed by atoms with Crippen LogP contribution in [0.5, 0.6) is 0 Å². The van der Waals surface area contributed by atoms with Crippen molar-refractivity contribution >= 4 is 22.0 Å². The molecule has 1 aliphatic rings. The summed E-state index contributed by atoms with van der Waals surface area (Å²) in [7, 11) is 0. The average Bonchev–Trinajstić information content (AvgIpc) is 2.51. The second-order valence-electron chi connectivity index (χ2n) is 5.97. The topological polar surface area (TPSA) is 44.4 Å². The van der Waals surface area contributed by atoms with Gasteiger partial charge in [-0.15, -0.1) is 0 Å². The first-order valence-corrected chi connectivity index (χ1v) is 8.94. The number of halogens is 1. The van der Waals surface area contributed by atoms with Gasteiger partial charge in [0.25, 0.3) is 0 Å². The van der Waals surface area contributed by atoms with Crippen LogP contribution >= 0.6 is 15.9 Å². The monoisotopic (exact) mass is 367 g/mol. The Morgan fingerprint density at radius 1 is 1.36 bits per heavy atom. The predicted octanol–water partition coefficient (Wildman–Crippen LogP) is 3.51. The summed E-state index contributed by atoms with van der Waals surface area (Å²) in [5, 5.41) is 5.82. The van der Waals surface area contributed by atoms with Crippen LogP contribution in [0.25, 0.3) is 0 Å². The van der Waals surface area contributed by atoms with E-state index >= 15 is 0 Å². The summed E-state index contributed by atoms with van der Waals surface area (Å²) in [6.45, 7) is 5.86. The van der Waals surface area contributed by atoms with Crippen LogP contribution in [0, 0.1) is 0 Å².